The van der Waals surface area contributed by atoms with E-state index >= 15 is 0 Å². The minimum atomic E-state index is 0.292. The van der Waals surface area contributed by atoms with Crippen LogP contribution in [0.25, 0.3) is 11.2 Å². The highest BCUT2D eigenvalue weighted by molar-refractivity contribution is 5.71. The summed E-state index contributed by atoms with van der Waals surface area (Å²) in [6.07, 6.45) is 3.77. The lowest BCUT2D eigenvalue weighted by Crippen LogP contribution is -2.32. The zero-order valence-electron chi connectivity index (χ0n) is 10.5. The number of nitrogens with zero attached hydrogens (tertiary/aromatic N) is 5. The minimum Gasteiger partial charge on any atom is -0.353 e. The van der Waals surface area contributed by atoms with Gasteiger partial charge in [0.25, 0.3) is 0 Å². The second-order valence-corrected chi connectivity index (χ2v) is 4.26. The first-order valence-corrected chi connectivity index (χ1v) is 5.93. The minimum absolute atomic E-state index is 0.292. The molecule has 5 heteroatoms. The van der Waals surface area contributed by atoms with Crippen molar-refractivity contribution in [2.75, 3.05) is 11.4 Å². The molecule has 0 atom stereocenters. The lowest BCUT2D eigenvalue weighted by Gasteiger charge is -2.26. The van der Waals surface area contributed by atoms with Gasteiger partial charge in [0.1, 0.15) is 11.3 Å². The van der Waals surface area contributed by atoms with Gasteiger partial charge in [-0.1, -0.05) is 0 Å². The van der Waals surface area contributed by atoms with Gasteiger partial charge in [-0.25, -0.2) is 9.97 Å². The summed E-state index contributed by atoms with van der Waals surface area (Å²) in [5, 5.41) is 8.70. The fourth-order valence-corrected chi connectivity index (χ4v) is 1.81. The number of hydrogen-bond acceptors (Lipinski definition) is 5. The second kappa shape index (κ2) is 5.41. The summed E-state index contributed by atoms with van der Waals surface area (Å²) < 4.78 is 0. The Bertz CT molecular complexity index is 573. The van der Waals surface area contributed by atoms with Crippen molar-refractivity contribution < 1.29 is 0 Å². The molecule has 0 aliphatic rings. The van der Waals surface area contributed by atoms with Crippen LogP contribution in [0.2, 0.25) is 0 Å². The molecule has 0 aromatic carbocycles. The first kappa shape index (κ1) is 12.2. The second-order valence-electron chi connectivity index (χ2n) is 4.26. The van der Waals surface area contributed by atoms with Gasteiger partial charge in [0, 0.05) is 25.0 Å². The number of nitriles is 1. The normalized spacial score (nSPS) is 10.6. The van der Waals surface area contributed by atoms with Crippen LogP contribution in [-0.2, 0) is 0 Å². The molecule has 0 unspecified atom stereocenters. The Labute approximate surface area is 106 Å². The maximum absolute atomic E-state index is 8.70. The lowest BCUT2D eigenvalue weighted by molar-refractivity contribution is 0.678. The van der Waals surface area contributed by atoms with Crippen LogP contribution in [0, 0.1) is 11.3 Å². The number of hydrogen-bond donors (Lipinski definition) is 0. The van der Waals surface area contributed by atoms with E-state index in [0.29, 0.717) is 24.7 Å². The molecule has 0 fully saturated rings. The van der Waals surface area contributed by atoms with Gasteiger partial charge < -0.3 is 4.90 Å². The van der Waals surface area contributed by atoms with E-state index in [1.165, 1.54) is 0 Å². The molecular weight excluding hydrogens is 226 g/mol. The monoisotopic (exact) mass is 241 g/mol. The fourth-order valence-electron chi connectivity index (χ4n) is 1.81. The Morgan fingerprint density at radius 3 is 2.78 bits per heavy atom. The maximum atomic E-state index is 8.70. The molecule has 2 aromatic heterocycles. The Hall–Kier alpha value is -2.22. The van der Waals surface area contributed by atoms with Crippen LogP contribution in [0.1, 0.15) is 20.3 Å². The highest BCUT2D eigenvalue weighted by Gasteiger charge is 2.12. The zero-order valence-corrected chi connectivity index (χ0v) is 10.5. The third kappa shape index (κ3) is 2.54. The molecule has 0 aliphatic heterocycles. The van der Waals surface area contributed by atoms with Crippen LogP contribution < -0.4 is 4.90 Å². The van der Waals surface area contributed by atoms with Gasteiger partial charge in [-0.05, 0) is 26.0 Å². The van der Waals surface area contributed by atoms with Crippen LogP contribution in [0.3, 0.4) is 0 Å². The maximum Gasteiger partial charge on any atom is 0.180 e. The molecule has 0 radical (unpaired) electrons. The van der Waals surface area contributed by atoms with Gasteiger partial charge in [-0.15, -0.1) is 0 Å². The summed E-state index contributed by atoms with van der Waals surface area (Å²) in [7, 11) is 0. The summed E-state index contributed by atoms with van der Waals surface area (Å²) in [6.45, 7) is 4.84. The standard InChI is InChI=1S/C13H15N5/c1-10(2)18(9-3-6-14)12-5-4-11-13(17-12)16-8-7-15-11/h4-5,7-8,10H,3,9H2,1-2H3. The fraction of sp³-hybridized carbons (Fsp3) is 0.385. The first-order valence-electron chi connectivity index (χ1n) is 5.93. The summed E-state index contributed by atoms with van der Waals surface area (Å²) in [5.41, 5.74) is 1.42. The van der Waals surface area contributed by atoms with Gasteiger partial charge in [0.15, 0.2) is 5.65 Å². The first-order chi connectivity index (χ1) is 8.72. The highest BCUT2D eigenvalue weighted by Crippen LogP contribution is 2.17. The average molecular weight is 241 g/mol. The van der Waals surface area contributed by atoms with Crippen LogP contribution in [-0.4, -0.2) is 27.5 Å². The molecular formula is C13H15N5. The van der Waals surface area contributed by atoms with Gasteiger partial charge in [-0.3, -0.25) is 4.98 Å². The SMILES string of the molecule is CC(C)N(CCC#N)c1ccc2nccnc2n1. The Morgan fingerprint density at radius 1 is 1.28 bits per heavy atom. The van der Waals surface area contributed by atoms with E-state index in [1.54, 1.807) is 12.4 Å². The Morgan fingerprint density at radius 2 is 2.06 bits per heavy atom. The molecule has 0 spiro atoms. The highest BCUT2D eigenvalue weighted by atomic mass is 15.2. The van der Waals surface area contributed by atoms with Crippen molar-refractivity contribution in [2.24, 2.45) is 0 Å². The van der Waals surface area contributed by atoms with E-state index < -0.39 is 0 Å². The van der Waals surface area contributed by atoms with Crippen LogP contribution in [0.5, 0.6) is 0 Å². The van der Waals surface area contributed by atoms with Crippen LogP contribution in [0.4, 0.5) is 5.82 Å². The smallest absolute Gasteiger partial charge is 0.180 e. The summed E-state index contributed by atoms with van der Waals surface area (Å²) in [5.74, 6) is 0.841. The van der Waals surface area contributed by atoms with Gasteiger partial charge in [0.2, 0.25) is 0 Å². The van der Waals surface area contributed by atoms with E-state index in [1.807, 2.05) is 12.1 Å². The number of pyridine rings is 1. The molecule has 0 bridgehead atoms. The van der Waals surface area contributed by atoms with E-state index in [0.717, 1.165) is 11.3 Å². The average Bonchev–Trinajstić information content (AvgIpc) is 2.38. The van der Waals surface area contributed by atoms with Crippen molar-refractivity contribution >= 4 is 17.0 Å². The predicted molar refractivity (Wildman–Crippen MR) is 70.0 cm³/mol. The third-order valence-corrected chi connectivity index (χ3v) is 2.70. The van der Waals surface area contributed by atoms with Crippen molar-refractivity contribution in [3.8, 4) is 6.07 Å². The molecule has 0 aliphatic carbocycles. The van der Waals surface area contributed by atoms with E-state index in [-0.39, 0.29) is 0 Å². The van der Waals surface area contributed by atoms with Crippen molar-refractivity contribution in [1.29, 1.82) is 5.26 Å². The number of aromatic nitrogens is 3. The van der Waals surface area contributed by atoms with E-state index in [2.05, 4.69) is 39.8 Å². The largest absolute Gasteiger partial charge is 0.353 e. The van der Waals surface area contributed by atoms with Crippen molar-refractivity contribution in [2.45, 2.75) is 26.3 Å². The topological polar surface area (TPSA) is 65.7 Å². The number of rotatable bonds is 4. The Kier molecular flexibility index (Phi) is 3.68. The molecule has 0 saturated carbocycles. The predicted octanol–water partition coefficient (Wildman–Crippen LogP) is 2.15. The Balaban J connectivity index is 2.35. The van der Waals surface area contributed by atoms with Gasteiger partial charge in [-0.2, -0.15) is 5.26 Å². The van der Waals surface area contributed by atoms with Crippen molar-refractivity contribution in [3.63, 3.8) is 0 Å². The van der Waals surface area contributed by atoms with Gasteiger partial charge >= 0.3 is 0 Å². The molecule has 0 amide bonds. The summed E-state index contributed by atoms with van der Waals surface area (Å²) in [4.78, 5) is 15.0. The van der Waals surface area contributed by atoms with E-state index in [9.17, 15) is 0 Å². The quantitative estimate of drug-likeness (QED) is 0.820. The van der Waals surface area contributed by atoms with E-state index in [4.69, 9.17) is 5.26 Å². The molecule has 0 N–H and O–H groups in total. The summed E-state index contributed by atoms with van der Waals surface area (Å²) >= 11 is 0. The van der Waals surface area contributed by atoms with Crippen LogP contribution >= 0.6 is 0 Å². The lowest BCUT2D eigenvalue weighted by atomic mass is 10.2. The van der Waals surface area contributed by atoms with Crippen molar-refractivity contribution in [1.82, 2.24) is 15.0 Å². The number of fused-ring (bicyclic) bond motifs is 1. The molecule has 5 nitrogen and oxygen atoms in total. The molecule has 0 saturated heterocycles. The van der Waals surface area contributed by atoms with Crippen LogP contribution in [0.15, 0.2) is 24.5 Å². The molecule has 2 rings (SSSR count). The summed E-state index contributed by atoms with van der Waals surface area (Å²) in [6, 6.07) is 6.29. The molecule has 92 valence electrons. The number of anilines is 1. The van der Waals surface area contributed by atoms with Crippen molar-refractivity contribution in [3.05, 3.63) is 24.5 Å². The molecule has 2 heterocycles. The zero-order chi connectivity index (χ0) is 13.0. The molecule has 2 aromatic rings. The van der Waals surface area contributed by atoms with Gasteiger partial charge in [0.05, 0.1) is 12.5 Å². The molecule has 18 heavy (non-hydrogen) atoms. The third-order valence-electron chi connectivity index (χ3n) is 2.70.